The molecule has 0 unspecified atom stereocenters. The van der Waals surface area contributed by atoms with Crippen LogP contribution in [0.2, 0.25) is 0 Å². The molecular formula is C13H18N6O3. The average Bonchev–Trinajstić information content (AvgIpc) is 2.93. The normalized spacial score (nSPS) is 10.7. The van der Waals surface area contributed by atoms with Gasteiger partial charge in [-0.25, -0.2) is 9.97 Å². The number of hydrogen-bond donors (Lipinski definition) is 2. The summed E-state index contributed by atoms with van der Waals surface area (Å²) in [5, 5.41) is 9.40. The lowest BCUT2D eigenvalue weighted by atomic mass is 10.3. The van der Waals surface area contributed by atoms with Crippen LogP contribution in [0.15, 0.2) is 16.9 Å². The standard InChI is InChI=1S/C13H18N6O3/c1-8(2)17-13-15-4-9(5-16-13)12(20)14-6-11-18-10(7-21-3)19-22-11/h4-5,8H,6-7H2,1-3H3,(H,14,20)(H,15,16,17). The Balaban J connectivity index is 1.88. The van der Waals surface area contributed by atoms with Crippen LogP contribution in [0.3, 0.4) is 0 Å². The van der Waals surface area contributed by atoms with E-state index in [1.54, 1.807) is 0 Å². The Morgan fingerprint density at radius 3 is 2.73 bits per heavy atom. The summed E-state index contributed by atoms with van der Waals surface area (Å²) < 4.78 is 9.85. The van der Waals surface area contributed by atoms with E-state index in [4.69, 9.17) is 9.26 Å². The van der Waals surface area contributed by atoms with Gasteiger partial charge in [-0.2, -0.15) is 4.98 Å². The molecule has 9 nitrogen and oxygen atoms in total. The Morgan fingerprint density at radius 2 is 2.09 bits per heavy atom. The minimum absolute atomic E-state index is 0.127. The maximum absolute atomic E-state index is 12.0. The summed E-state index contributed by atoms with van der Waals surface area (Å²) in [6.07, 6.45) is 2.91. The number of carbonyl (C=O) groups is 1. The van der Waals surface area contributed by atoms with E-state index in [2.05, 4.69) is 30.7 Å². The van der Waals surface area contributed by atoms with E-state index in [0.29, 0.717) is 23.2 Å². The van der Waals surface area contributed by atoms with Gasteiger partial charge >= 0.3 is 0 Å². The van der Waals surface area contributed by atoms with Gasteiger partial charge in [0.2, 0.25) is 11.8 Å². The van der Waals surface area contributed by atoms with E-state index in [1.165, 1.54) is 19.5 Å². The second kappa shape index (κ2) is 7.46. The van der Waals surface area contributed by atoms with E-state index >= 15 is 0 Å². The molecule has 118 valence electrons. The van der Waals surface area contributed by atoms with Gasteiger partial charge < -0.3 is 19.9 Å². The summed E-state index contributed by atoms with van der Waals surface area (Å²) in [4.78, 5) is 24.2. The third-order valence-corrected chi connectivity index (χ3v) is 2.52. The molecule has 0 fully saturated rings. The van der Waals surface area contributed by atoms with Crippen LogP contribution in [0.4, 0.5) is 5.95 Å². The van der Waals surface area contributed by atoms with Crippen molar-refractivity contribution in [3.8, 4) is 0 Å². The second-order valence-corrected chi connectivity index (χ2v) is 4.81. The zero-order chi connectivity index (χ0) is 15.9. The molecule has 2 N–H and O–H groups in total. The zero-order valence-corrected chi connectivity index (χ0v) is 12.7. The molecule has 2 heterocycles. The van der Waals surface area contributed by atoms with E-state index < -0.39 is 0 Å². The minimum atomic E-state index is -0.317. The highest BCUT2D eigenvalue weighted by molar-refractivity contribution is 5.93. The summed E-state index contributed by atoms with van der Waals surface area (Å²) in [7, 11) is 1.54. The van der Waals surface area contributed by atoms with Crippen molar-refractivity contribution in [1.82, 2.24) is 25.4 Å². The van der Waals surface area contributed by atoms with E-state index in [-0.39, 0.29) is 25.1 Å². The number of hydrogen-bond acceptors (Lipinski definition) is 8. The molecule has 0 aliphatic rings. The molecule has 0 radical (unpaired) electrons. The van der Waals surface area contributed by atoms with Gasteiger partial charge in [0.15, 0.2) is 5.82 Å². The summed E-state index contributed by atoms with van der Waals surface area (Å²) in [6.45, 7) is 4.34. The van der Waals surface area contributed by atoms with Crippen LogP contribution >= 0.6 is 0 Å². The van der Waals surface area contributed by atoms with Crippen LogP contribution in [0.25, 0.3) is 0 Å². The van der Waals surface area contributed by atoms with Gasteiger partial charge in [-0.05, 0) is 13.8 Å². The molecule has 9 heteroatoms. The van der Waals surface area contributed by atoms with Gasteiger partial charge in [0.1, 0.15) is 6.61 Å². The lowest BCUT2D eigenvalue weighted by molar-refractivity contribution is 0.0945. The summed E-state index contributed by atoms with van der Waals surface area (Å²) in [5.74, 6) is 0.897. The lowest BCUT2D eigenvalue weighted by Crippen LogP contribution is -2.23. The predicted molar refractivity (Wildman–Crippen MR) is 77.0 cm³/mol. The second-order valence-electron chi connectivity index (χ2n) is 4.81. The fourth-order valence-electron chi connectivity index (χ4n) is 1.59. The van der Waals surface area contributed by atoms with Gasteiger partial charge in [-0.15, -0.1) is 0 Å². The molecule has 2 aromatic heterocycles. The number of methoxy groups -OCH3 is 1. The Kier molecular flexibility index (Phi) is 5.37. The van der Waals surface area contributed by atoms with Crippen LogP contribution in [-0.2, 0) is 17.9 Å². The van der Waals surface area contributed by atoms with Crippen LogP contribution in [-0.4, -0.2) is 39.2 Å². The third-order valence-electron chi connectivity index (χ3n) is 2.52. The fraction of sp³-hybridized carbons (Fsp3) is 0.462. The number of aromatic nitrogens is 4. The minimum Gasteiger partial charge on any atom is -0.377 e. The van der Waals surface area contributed by atoms with Gasteiger partial charge in [0, 0.05) is 25.5 Å². The van der Waals surface area contributed by atoms with Gasteiger partial charge in [0.05, 0.1) is 12.1 Å². The van der Waals surface area contributed by atoms with Crippen molar-refractivity contribution in [3.05, 3.63) is 29.7 Å². The molecule has 0 aliphatic carbocycles. The van der Waals surface area contributed by atoms with Crippen LogP contribution in [0.1, 0.15) is 35.9 Å². The number of amides is 1. The number of carbonyl (C=O) groups excluding carboxylic acids is 1. The zero-order valence-electron chi connectivity index (χ0n) is 12.7. The molecule has 0 saturated carbocycles. The van der Waals surface area contributed by atoms with Crippen molar-refractivity contribution in [3.63, 3.8) is 0 Å². The third kappa shape index (κ3) is 4.48. The smallest absolute Gasteiger partial charge is 0.254 e. The number of rotatable bonds is 7. The first-order chi connectivity index (χ1) is 10.6. The molecule has 0 saturated heterocycles. The van der Waals surface area contributed by atoms with Crippen LogP contribution in [0.5, 0.6) is 0 Å². The van der Waals surface area contributed by atoms with E-state index in [9.17, 15) is 4.79 Å². The van der Waals surface area contributed by atoms with Crippen molar-refractivity contribution in [2.75, 3.05) is 12.4 Å². The Morgan fingerprint density at radius 1 is 1.36 bits per heavy atom. The number of nitrogens with zero attached hydrogens (tertiary/aromatic N) is 4. The Labute approximate surface area is 127 Å². The first-order valence-corrected chi connectivity index (χ1v) is 6.75. The van der Waals surface area contributed by atoms with E-state index in [1.807, 2.05) is 13.8 Å². The highest BCUT2D eigenvalue weighted by Crippen LogP contribution is 2.03. The SMILES string of the molecule is COCc1noc(CNC(=O)c2cnc(NC(C)C)nc2)n1. The van der Waals surface area contributed by atoms with Crippen molar-refractivity contribution in [1.29, 1.82) is 0 Å². The van der Waals surface area contributed by atoms with Gasteiger partial charge in [0.25, 0.3) is 5.91 Å². The lowest BCUT2D eigenvalue weighted by Gasteiger charge is -2.07. The van der Waals surface area contributed by atoms with Crippen molar-refractivity contribution in [2.45, 2.75) is 33.0 Å². The molecule has 2 aromatic rings. The summed E-state index contributed by atoms with van der Waals surface area (Å²) in [5.41, 5.74) is 0.353. The molecule has 2 rings (SSSR count). The first kappa shape index (κ1) is 15.8. The van der Waals surface area contributed by atoms with Crippen molar-refractivity contribution >= 4 is 11.9 Å². The fourth-order valence-corrected chi connectivity index (χ4v) is 1.59. The molecule has 1 amide bonds. The van der Waals surface area contributed by atoms with Crippen LogP contribution in [0, 0.1) is 0 Å². The quantitative estimate of drug-likeness (QED) is 0.770. The predicted octanol–water partition coefficient (Wildman–Crippen LogP) is 0.756. The Bertz CT molecular complexity index is 610. The Hall–Kier alpha value is -2.55. The molecule has 0 bridgehead atoms. The number of ether oxygens (including phenoxy) is 1. The monoisotopic (exact) mass is 306 g/mol. The molecular weight excluding hydrogens is 288 g/mol. The molecule has 0 aromatic carbocycles. The topological polar surface area (TPSA) is 115 Å². The largest absolute Gasteiger partial charge is 0.377 e. The average molecular weight is 306 g/mol. The highest BCUT2D eigenvalue weighted by atomic mass is 16.5. The van der Waals surface area contributed by atoms with Crippen molar-refractivity contribution in [2.24, 2.45) is 0 Å². The molecule has 0 aliphatic heterocycles. The molecule has 0 atom stereocenters. The highest BCUT2D eigenvalue weighted by Gasteiger charge is 2.10. The van der Waals surface area contributed by atoms with Gasteiger partial charge in [-0.3, -0.25) is 4.79 Å². The number of anilines is 1. The van der Waals surface area contributed by atoms with Crippen molar-refractivity contribution < 1.29 is 14.1 Å². The van der Waals surface area contributed by atoms with Crippen LogP contribution < -0.4 is 10.6 Å². The maximum atomic E-state index is 12.0. The first-order valence-electron chi connectivity index (χ1n) is 6.75. The molecule has 0 spiro atoms. The van der Waals surface area contributed by atoms with Gasteiger partial charge in [-0.1, -0.05) is 5.16 Å². The molecule has 22 heavy (non-hydrogen) atoms. The summed E-state index contributed by atoms with van der Waals surface area (Å²) in [6, 6.07) is 0.221. The summed E-state index contributed by atoms with van der Waals surface area (Å²) >= 11 is 0. The van der Waals surface area contributed by atoms with E-state index in [0.717, 1.165) is 0 Å². The maximum Gasteiger partial charge on any atom is 0.254 e. The number of nitrogens with one attached hydrogen (secondary N) is 2.